The van der Waals surface area contributed by atoms with Crippen LogP contribution in [0, 0.1) is 10.1 Å². The first-order valence-electron chi connectivity index (χ1n) is 5.85. The molecule has 0 aliphatic heterocycles. The normalized spacial score (nSPS) is 10.2. The number of rotatable bonds is 6. The number of nitro groups is 1. The zero-order chi connectivity index (χ0) is 15.1. The number of benzene rings is 2. The molecule has 0 bridgehead atoms. The van der Waals surface area contributed by atoms with Crippen LogP contribution in [0.5, 0.6) is 5.75 Å². The van der Waals surface area contributed by atoms with Gasteiger partial charge in [-0.25, -0.2) is 0 Å². The molecule has 0 radical (unpaired) electrons. The van der Waals surface area contributed by atoms with E-state index < -0.39 is 4.92 Å². The molecule has 2 aromatic carbocycles. The van der Waals surface area contributed by atoms with Crippen LogP contribution in [0.3, 0.4) is 0 Å². The van der Waals surface area contributed by atoms with Gasteiger partial charge in [-0.1, -0.05) is 30.4 Å². The van der Waals surface area contributed by atoms with Gasteiger partial charge in [0.25, 0.3) is 5.69 Å². The fourth-order valence-electron chi connectivity index (χ4n) is 1.64. The summed E-state index contributed by atoms with van der Waals surface area (Å²) >= 11 is 4.15. The summed E-state index contributed by atoms with van der Waals surface area (Å²) in [5.74, 6) is 0.431. The van der Waals surface area contributed by atoms with Crippen molar-refractivity contribution in [3.05, 3.63) is 69.8 Å². The van der Waals surface area contributed by atoms with Crippen molar-refractivity contribution in [3.8, 4) is 5.75 Å². The van der Waals surface area contributed by atoms with E-state index in [0.29, 0.717) is 5.75 Å². The molecule has 8 heteroatoms. The van der Waals surface area contributed by atoms with Crippen molar-refractivity contribution in [2.45, 2.75) is 0 Å². The molecule has 0 N–H and O–H groups in total. The molecule has 0 saturated heterocycles. The van der Waals surface area contributed by atoms with Crippen LogP contribution in [0.25, 0.3) is 12.2 Å². The van der Waals surface area contributed by atoms with Crippen LogP contribution in [0.15, 0.2) is 48.5 Å². The summed E-state index contributed by atoms with van der Waals surface area (Å²) in [6.07, 6.45) is 3.57. The number of non-ortho nitro benzene ring substituents is 1. The quantitative estimate of drug-likeness (QED) is 0.192. The molecule has 22 heavy (non-hydrogen) atoms. The summed E-state index contributed by atoms with van der Waals surface area (Å²) < 4.78 is 3.97. The predicted molar refractivity (Wildman–Crippen MR) is 78.6 cm³/mol. The van der Waals surface area contributed by atoms with Gasteiger partial charge in [0.05, 0.1) is 4.92 Å². The van der Waals surface area contributed by atoms with Gasteiger partial charge in [0.2, 0.25) is 0 Å². The van der Waals surface area contributed by atoms with Crippen LogP contribution < -0.4 is 34.4 Å². The molecule has 0 atom stereocenters. The van der Waals surface area contributed by atoms with Crippen LogP contribution in [-0.4, -0.2) is 4.92 Å². The summed E-state index contributed by atoms with van der Waals surface area (Å²) in [4.78, 5) is 15.0. The van der Waals surface area contributed by atoms with E-state index in [-0.39, 0.29) is 35.2 Å². The van der Waals surface area contributed by atoms with E-state index in [2.05, 4.69) is 22.3 Å². The topological polar surface area (TPSA) is 70.8 Å². The van der Waals surface area contributed by atoms with Crippen molar-refractivity contribution in [3.63, 3.8) is 0 Å². The Labute approximate surface area is 154 Å². The van der Waals surface area contributed by atoms with Crippen molar-refractivity contribution in [1.82, 2.24) is 0 Å². The first-order chi connectivity index (χ1) is 10.2. The zero-order valence-electron chi connectivity index (χ0n) is 11.7. The van der Waals surface area contributed by atoms with Crippen LogP contribution >= 0.6 is 0 Å². The first kappa shape index (κ1) is 18.7. The van der Waals surface area contributed by atoms with Gasteiger partial charge < -0.3 is 22.1 Å². The van der Waals surface area contributed by atoms with Crippen molar-refractivity contribution in [1.29, 1.82) is 0 Å². The largest absolute Gasteiger partial charge is 1.00 e. The summed E-state index contributed by atoms with van der Waals surface area (Å²) in [6, 6.07) is 13.3. The zero-order valence-corrected chi connectivity index (χ0v) is 14.5. The smallest absolute Gasteiger partial charge is 0.578 e. The Kier molecular flexibility index (Phi) is 8.18. The maximum atomic E-state index is 10.6. The van der Waals surface area contributed by atoms with E-state index in [0.717, 1.165) is 11.1 Å². The first-order valence-corrected chi connectivity index (χ1v) is 6.19. The Bertz CT molecular complexity index is 648. The second-order valence-corrected chi connectivity index (χ2v) is 4.08. The van der Waals surface area contributed by atoms with E-state index in [9.17, 15) is 10.1 Å². The molecule has 0 aliphatic carbocycles. The van der Waals surface area contributed by atoms with Gasteiger partial charge in [0.1, 0.15) is 0 Å². The summed E-state index contributed by atoms with van der Waals surface area (Å²) in [6.45, 7) is 0. The Morgan fingerprint density at radius 2 is 1.73 bits per heavy atom. The molecule has 0 heterocycles. The number of hydrogen-bond acceptors (Lipinski definition) is 6. The number of para-hydroxylation sites is 1. The molecule has 0 unspecified atom stereocenters. The van der Waals surface area contributed by atoms with Crippen molar-refractivity contribution >= 4 is 30.7 Å². The maximum absolute atomic E-state index is 10.6. The van der Waals surface area contributed by atoms with E-state index in [1.165, 1.54) is 12.1 Å². The van der Waals surface area contributed by atoms with Gasteiger partial charge in [-0.05, 0) is 28.8 Å². The van der Waals surface area contributed by atoms with Crippen LogP contribution in [-0.2, 0) is 22.3 Å². The van der Waals surface area contributed by atoms with Crippen LogP contribution in [0.1, 0.15) is 11.1 Å². The minimum atomic E-state index is -0.442. The predicted octanol–water partition coefficient (Wildman–Crippen LogP) is 0.473. The fraction of sp³-hybridized carbons (Fsp3) is 0. The molecule has 0 aromatic heterocycles. The Balaban J connectivity index is 0.00000242. The van der Waals surface area contributed by atoms with Gasteiger partial charge >= 0.3 is 29.6 Å². The monoisotopic (exact) mass is 327 g/mol. The average Bonchev–Trinajstić information content (AvgIpc) is 2.52. The molecular weight excluding hydrogens is 317 g/mol. The molecule has 0 fully saturated rings. The third-order valence-electron chi connectivity index (χ3n) is 2.63. The molecular formula is C14H10NNaO5S. The van der Waals surface area contributed by atoms with Crippen molar-refractivity contribution < 1.29 is 48.7 Å². The van der Waals surface area contributed by atoms with Crippen molar-refractivity contribution in [2.75, 3.05) is 0 Å². The molecule has 6 nitrogen and oxygen atoms in total. The minimum Gasteiger partial charge on any atom is -0.578 e. The van der Waals surface area contributed by atoms with E-state index in [1.807, 2.05) is 12.1 Å². The van der Waals surface area contributed by atoms with Crippen LogP contribution in [0.2, 0.25) is 0 Å². The van der Waals surface area contributed by atoms with Gasteiger partial charge in [-0.15, -0.1) is 0 Å². The molecule has 0 amide bonds. The number of hydrogen-bond donors (Lipinski definition) is 0. The van der Waals surface area contributed by atoms with E-state index in [1.54, 1.807) is 36.4 Å². The Hall–Kier alpha value is -1.35. The molecule has 2 aromatic rings. The van der Waals surface area contributed by atoms with Gasteiger partial charge in [0.15, 0.2) is 5.75 Å². The van der Waals surface area contributed by atoms with Gasteiger partial charge in [0, 0.05) is 17.7 Å². The Morgan fingerprint density at radius 3 is 2.36 bits per heavy atom. The SMILES string of the molecule is O=[N+]([O-])c1ccc(C=Cc2ccccc2OOO[S-])cc1.[Na+]. The average molecular weight is 327 g/mol. The number of nitrogens with zero attached hydrogens (tertiary/aromatic N) is 1. The maximum Gasteiger partial charge on any atom is 1.00 e. The second-order valence-electron chi connectivity index (χ2n) is 3.94. The standard InChI is InChI=1S/C14H11NO5S.Na/c16-15(17)13-9-6-11(7-10-13)5-8-12-3-1-2-4-14(12)18-19-20-21;/h1-10,21H;/q;+1/p-1. The van der Waals surface area contributed by atoms with Crippen LogP contribution in [0.4, 0.5) is 5.69 Å². The van der Waals surface area contributed by atoms with Gasteiger partial charge in [-0.3, -0.25) is 10.1 Å². The summed E-state index contributed by atoms with van der Waals surface area (Å²) in [5.41, 5.74) is 1.60. The molecule has 0 spiro atoms. The molecule has 0 aliphatic rings. The van der Waals surface area contributed by atoms with E-state index in [4.69, 9.17) is 4.89 Å². The fourth-order valence-corrected chi connectivity index (χ4v) is 1.67. The minimum absolute atomic E-state index is 0. The van der Waals surface area contributed by atoms with E-state index >= 15 is 0 Å². The molecule has 0 saturated carbocycles. The molecule has 108 valence electrons. The van der Waals surface area contributed by atoms with Crippen molar-refractivity contribution in [2.24, 2.45) is 0 Å². The Morgan fingerprint density at radius 1 is 1.05 bits per heavy atom. The molecule has 2 rings (SSSR count). The summed E-state index contributed by atoms with van der Waals surface area (Å²) in [7, 11) is 0. The third-order valence-corrected chi connectivity index (χ3v) is 2.69. The third kappa shape index (κ3) is 5.45. The van der Waals surface area contributed by atoms with Gasteiger partial charge in [-0.2, -0.15) is 0 Å². The summed E-state index contributed by atoms with van der Waals surface area (Å²) in [5, 5.41) is 14.8. The second kappa shape index (κ2) is 9.62. The number of nitro benzene ring substituents is 1.